The van der Waals surface area contributed by atoms with Crippen molar-refractivity contribution >= 4 is 48.5 Å². The number of amides is 1. The van der Waals surface area contributed by atoms with Crippen LogP contribution in [0.1, 0.15) is 33.1 Å². The minimum atomic E-state index is 0.195. The molecule has 6 heteroatoms. The van der Waals surface area contributed by atoms with Gasteiger partial charge in [-0.15, -0.1) is 0 Å². The lowest BCUT2D eigenvalue weighted by molar-refractivity contribution is -0.124. The predicted octanol–water partition coefficient (Wildman–Crippen LogP) is 4.53. The third-order valence-electron chi connectivity index (χ3n) is 4.82. The Labute approximate surface area is 156 Å². The highest BCUT2D eigenvalue weighted by Gasteiger charge is 2.31. The van der Waals surface area contributed by atoms with Crippen LogP contribution < -0.4 is 4.90 Å². The molecule has 0 bridgehead atoms. The Morgan fingerprint density at radius 3 is 2.67 bits per heavy atom. The van der Waals surface area contributed by atoms with Crippen LogP contribution in [0.15, 0.2) is 22.7 Å². The van der Waals surface area contributed by atoms with E-state index in [0.29, 0.717) is 0 Å². The lowest BCUT2D eigenvalue weighted by Crippen LogP contribution is -2.43. The fourth-order valence-corrected chi connectivity index (χ4v) is 4.51. The molecule has 3 rings (SSSR count). The lowest BCUT2D eigenvalue weighted by atomic mass is 9.84. The first kappa shape index (κ1) is 17.8. The fraction of sp³-hybridized carbons (Fsp3) is 0.556. The van der Waals surface area contributed by atoms with E-state index in [1.165, 1.54) is 6.42 Å². The molecule has 1 amide bonds. The van der Waals surface area contributed by atoms with Crippen molar-refractivity contribution < 1.29 is 4.79 Å². The van der Waals surface area contributed by atoms with Crippen molar-refractivity contribution in [3.8, 4) is 0 Å². The number of benzene rings is 1. The molecule has 0 atom stereocenters. The highest BCUT2D eigenvalue weighted by Crippen LogP contribution is 2.34. The Bertz CT molecular complexity index is 709. The number of anilines is 1. The largest absolute Gasteiger partial charge is 0.302 e. The van der Waals surface area contributed by atoms with E-state index in [2.05, 4.69) is 40.7 Å². The van der Waals surface area contributed by atoms with Crippen molar-refractivity contribution in [1.82, 2.24) is 9.88 Å². The highest BCUT2D eigenvalue weighted by atomic mass is 79.9. The van der Waals surface area contributed by atoms with Gasteiger partial charge in [-0.2, -0.15) is 0 Å². The number of carbonyl (C=O) groups excluding carboxylic acids is 1. The van der Waals surface area contributed by atoms with Crippen molar-refractivity contribution in [2.75, 3.05) is 31.1 Å². The second-order valence-electron chi connectivity index (χ2n) is 6.25. The summed E-state index contributed by atoms with van der Waals surface area (Å²) in [5.41, 5.74) is 0.965. The molecule has 24 heavy (non-hydrogen) atoms. The molecule has 0 radical (unpaired) electrons. The summed E-state index contributed by atoms with van der Waals surface area (Å²) in [4.78, 5) is 21.9. The Kier molecular flexibility index (Phi) is 5.89. The van der Waals surface area contributed by atoms with Gasteiger partial charge in [0.25, 0.3) is 0 Å². The monoisotopic (exact) mass is 409 g/mol. The number of likely N-dealkylation sites (N-methyl/N-ethyl adjacent to an activating group) is 1. The van der Waals surface area contributed by atoms with Crippen LogP contribution in [0.25, 0.3) is 10.2 Å². The maximum Gasteiger partial charge on any atom is 0.231 e. The summed E-state index contributed by atoms with van der Waals surface area (Å²) < 4.78 is 2.17. The molecule has 1 fully saturated rings. The Balaban J connectivity index is 1.85. The number of rotatable bonds is 7. The number of hydrogen-bond acceptors (Lipinski definition) is 4. The summed E-state index contributed by atoms with van der Waals surface area (Å²) in [6.07, 6.45) is 3.22. The van der Waals surface area contributed by atoms with Crippen molar-refractivity contribution in [1.29, 1.82) is 0 Å². The van der Waals surface area contributed by atoms with Gasteiger partial charge in [-0.3, -0.25) is 9.69 Å². The maximum atomic E-state index is 12.9. The van der Waals surface area contributed by atoms with Gasteiger partial charge in [0.05, 0.1) is 10.2 Å². The van der Waals surface area contributed by atoms with Crippen molar-refractivity contribution in [3.05, 3.63) is 22.7 Å². The van der Waals surface area contributed by atoms with Crippen LogP contribution in [-0.4, -0.2) is 42.0 Å². The Hall–Kier alpha value is -0.980. The highest BCUT2D eigenvalue weighted by molar-refractivity contribution is 9.10. The van der Waals surface area contributed by atoms with Crippen LogP contribution in [0, 0.1) is 5.92 Å². The van der Waals surface area contributed by atoms with Crippen LogP contribution in [0.3, 0.4) is 0 Å². The maximum absolute atomic E-state index is 12.9. The average molecular weight is 410 g/mol. The van der Waals surface area contributed by atoms with Gasteiger partial charge in [-0.25, -0.2) is 4.98 Å². The predicted molar refractivity (Wildman–Crippen MR) is 105 cm³/mol. The molecular weight excluding hydrogens is 386 g/mol. The number of hydrogen-bond donors (Lipinski definition) is 0. The van der Waals surface area contributed by atoms with E-state index in [1.807, 2.05) is 17.0 Å². The zero-order valence-corrected chi connectivity index (χ0v) is 16.7. The molecule has 0 saturated heterocycles. The van der Waals surface area contributed by atoms with Crippen molar-refractivity contribution in [2.24, 2.45) is 5.92 Å². The molecule has 0 spiro atoms. The van der Waals surface area contributed by atoms with Crippen LogP contribution in [0.5, 0.6) is 0 Å². The smallest absolute Gasteiger partial charge is 0.231 e. The normalized spacial score (nSPS) is 15.0. The molecule has 0 unspecified atom stereocenters. The second-order valence-corrected chi connectivity index (χ2v) is 8.18. The third-order valence-corrected chi connectivity index (χ3v) is 6.36. The van der Waals surface area contributed by atoms with Crippen molar-refractivity contribution in [2.45, 2.75) is 33.1 Å². The molecule has 0 N–H and O–H groups in total. The molecule has 1 aromatic carbocycles. The van der Waals surface area contributed by atoms with E-state index < -0.39 is 0 Å². The fourth-order valence-electron chi connectivity index (χ4n) is 2.96. The van der Waals surface area contributed by atoms with Gasteiger partial charge >= 0.3 is 0 Å². The summed E-state index contributed by atoms with van der Waals surface area (Å²) in [7, 11) is 0. The van der Waals surface area contributed by atoms with Crippen LogP contribution in [-0.2, 0) is 4.79 Å². The minimum absolute atomic E-state index is 0.195. The quantitative estimate of drug-likeness (QED) is 0.673. The molecule has 1 aliphatic rings. The van der Waals surface area contributed by atoms with E-state index in [4.69, 9.17) is 4.98 Å². The summed E-state index contributed by atoms with van der Waals surface area (Å²) in [5.74, 6) is 0.451. The van der Waals surface area contributed by atoms with Gasteiger partial charge in [0.15, 0.2) is 5.13 Å². The number of halogens is 1. The first-order chi connectivity index (χ1) is 11.6. The SMILES string of the molecule is CCN(CC)CCN(C(=O)C1CCC1)c1nc2ccc(Br)cc2s1. The summed E-state index contributed by atoms with van der Waals surface area (Å²) in [6.45, 7) is 7.96. The Morgan fingerprint density at radius 2 is 2.04 bits per heavy atom. The van der Waals surface area contributed by atoms with E-state index in [9.17, 15) is 4.79 Å². The van der Waals surface area contributed by atoms with Gasteiger partial charge in [0.1, 0.15) is 0 Å². The molecule has 1 heterocycles. The number of carbonyl (C=O) groups is 1. The van der Waals surface area contributed by atoms with Crippen molar-refractivity contribution in [3.63, 3.8) is 0 Å². The average Bonchev–Trinajstić information content (AvgIpc) is 2.92. The van der Waals surface area contributed by atoms with E-state index >= 15 is 0 Å². The van der Waals surface area contributed by atoms with Gasteiger partial charge < -0.3 is 4.90 Å². The van der Waals surface area contributed by atoms with E-state index in [0.717, 1.165) is 58.8 Å². The molecule has 4 nitrogen and oxygen atoms in total. The summed E-state index contributed by atoms with van der Waals surface area (Å²) in [5, 5.41) is 0.840. The first-order valence-electron chi connectivity index (χ1n) is 8.72. The van der Waals surface area contributed by atoms with Gasteiger partial charge in [0, 0.05) is 23.5 Å². The zero-order valence-electron chi connectivity index (χ0n) is 14.3. The molecule has 0 aliphatic heterocycles. The number of aromatic nitrogens is 1. The molecule has 1 aliphatic carbocycles. The molecule has 1 aromatic heterocycles. The van der Waals surface area contributed by atoms with Gasteiger partial charge in [0.2, 0.25) is 5.91 Å². The van der Waals surface area contributed by atoms with E-state index in [1.54, 1.807) is 11.3 Å². The minimum Gasteiger partial charge on any atom is -0.302 e. The second kappa shape index (κ2) is 7.93. The van der Waals surface area contributed by atoms with Gasteiger partial charge in [-0.05, 0) is 44.1 Å². The number of fused-ring (bicyclic) bond motifs is 1. The third kappa shape index (κ3) is 3.81. The summed E-state index contributed by atoms with van der Waals surface area (Å²) in [6, 6.07) is 6.09. The van der Waals surface area contributed by atoms with E-state index in [-0.39, 0.29) is 11.8 Å². The Morgan fingerprint density at radius 1 is 1.29 bits per heavy atom. The lowest BCUT2D eigenvalue weighted by Gasteiger charge is -2.31. The summed E-state index contributed by atoms with van der Waals surface area (Å²) >= 11 is 5.12. The molecule has 130 valence electrons. The van der Waals surface area contributed by atoms with Crippen LogP contribution in [0.2, 0.25) is 0 Å². The number of nitrogens with zero attached hydrogens (tertiary/aromatic N) is 3. The first-order valence-corrected chi connectivity index (χ1v) is 10.3. The molecule has 1 saturated carbocycles. The number of thiazole rings is 1. The topological polar surface area (TPSA) is 36.4 Å². The van der Waals surface area contributed by atoms with Crippen LogP contribution in [0.4, 0.5) is 5.13 Å². The standard InChI is InChI=1S/C18H24BrN3OS/c1-3-21(4-2)10-11-22(17(23)13-6-5-7-13)18-20-15-9-8-14(19)12-16(15)24-18/h8-9,12-13H,3-7,10-11H2,1-2H3. The molecular formula is C18H24BrN3OS. The molecule has 2 aromatic rings. The zero-order chi connectivity index (χ0) is 17.1. The van der Waals surface area contributed by atoms with Gasteiger partial charge in [-0.1, -0.05) is 47.5 Å². The van der Waals surface area contributed by atoms with Crippen LogP contribution >= 0.6 is 27.3 Å².